The number of nitro benzene ring substituents is 1. The highest BCUT2D eigenvalue weighted by atomic mass is 16.6. The van der Waals surface area contributed by atoms with Crippen LogP contribution in [0.15, 0.2) is 54.6 Å². The highest BCUT2D eigenvalue weighted by Crippen LogP contribution is 2.19. The standard InChI is InChI=1S/C19H20N4O6/c20-18(25)15(10-14-8-4-5-9-16(14)23(27)28)22-17(24)11-21-19(26)29-12-13-6-2-1-3-7-13/h1-9,15H,10-12H2,(H2,20,25)(H,21,26)(H,22,24)/t15-/m0/s1. The van der Waals surface area contributed by atoms with E-state index in [1.165, 1.54) is 18.2 Å². The van der Waals surface area contributed by atoms with E-state index in [2.05, 4.69) is 10.6 Å². The molecule has 0 aliphatic heterocycles. The van der Waals surface area contributed by atoms with Crippen molar-refractivity contribution in [1.82, 2.24) is 10.6 Å². The molecule has 0 aliphatic carbocycles. The van der Waals surface area contributed by atoms with Crippen molar-refractivity contribution in [1.29, 1.82) is 0 Å². The number of nitrogens with zero attached hydrogens (tertiary/aromatic N) is 1. The van der Waals surface area contributed by atoms with Gasteiger partial charge in [-0.3, -0.25) is 19.7 Å². The van der Waals surface area contributed by atoms with Crippen LogP contribution in [-0.4, -0.2) is 35.4 Å². The molecule has 10 heteroatoms. The summed E-state index contributed by atoms with van der Waals surface area (Å²) in [5.74, 6) is -1.55. The average Bonchev–Trinajstić information content (AvgIpc) is 2.71. The first-order chi connectivity index (χ1) is 13.9. The minimum absolute atomic E-state index is 0.0376. The lowest BCUT2D eigenvalue weighted by Gasteiger charge is -2.16. The van der Waals surface area contributed by atoms with Crippen molar-refractivity contribution in [2.75, 3.05) is 6.54 Å². The van der Waals surface area contributed by atoms with Crippen LogP contribution in [0.1, 0.15) is 11.1 Å². The summed E-state index contributed by atoms with van der Waals surface area (Å²) in [4.78, 5) is 45.8. The van der Waals surface area contributed by atoms with Crippen molar-refractivity contribution in [2.24, 2.45) is 5.73 Å². The molecule has 2 aromatic rings. The fourth-order valence-corrected chi connectivity index (χ4v) is 2.48. The van der Waals surface area contributed by atoms with E-state index in [1.54, 1.807) is 30.3 Å². The number of nitro groups is 1. The molecule has 0 heterocycles. The number of nitrogens with one attached hydrogen (secondary N) is 2. The molecule has 0 aromatic heterocycles. The summed E-state index contributed by atoms with van der Waals surface area (Å²) in [5, 5.41) is 15.7. The van der Waals surface area contributed by atoms with Gasteiger partial charge in [0.15, 0.2) is 0 Å². The minimum Gasteiger partial charge on any atom is -0.445 e. The lowest BCUT2D eigenvalue weighted by Crippen LogP contribution is -2.49. The van der Waals surface area contributed by atoms with Gasteiger partial charge in [-0.15, -0.1) is 0 Å². The Morgan fingerprint density at radius 3 is 2.38 bits per heavy atom. The maximum Gasteiger partial charge on any atom is 0.407 e. The number of rotatable bonds is 9. The summed E-state index contributed by atoms with van der Waals surface area (Å²) in [7, 11) is 0. The normalized spacial score (nSPS) is 11.2. The average molecular weight is 400 g/mol. The largest absolute Gasteiger partial charge is 0.445 e. The van der Waals surface area contributed by atoms with Gasteiger partial charge in [0.25, 0.3) is 5.69 Å². The second kappa shape index (κ2) is 10.4. The maximum absolute atomic E-state index is 12.0. The SMILES string of the molecule is NC(=O)[C@H](Cc1ccccc1[N+](=O)[O-])NC(=O)CNC(=O)OCc1ccccc1. The third-order valence-corrected chi connectivity index (χ3v) is 3.90. The number of alkyl carbamates (subject to hydrolysis) is 1. The number of carbonyl (C=O) groups is 3. The van der Waals surface area contributed by atoms with Gasteiger partial charge < -0.3 is 21.1 Å². The van der Waals surface area contributed by atoms with Gasteiger partial charge in [-0.05, 0) is 5.56 Å². The zero-order chi connectivity index (χ0) is 21.2. The van der Waals surface area contributed by atoms with Gasteiger partial charge in [0.05, 0.1) is 4.92 Å². The second-order valence-electron chi connectivity index (χ2n) is 6.03. The number of hydrogen-bond donors (Lipinski definition) is 3. The molecule has 3 amide bonds. The Morgan fingerprint density at radius 1 is 1.07 bits per heavy atom. The molecule has 0 saturated heterocycles. The number of amides is 3. The number of primary amides is 1. The van der Waals surface area contributed by atoms with E-state index in [0.29, 0.717) is 0 Å². The maximum atomic E-state index is 12.0. The number of benzene rings is 2. The monoisotopic (exact) mass is 400 g/mol. The van der Waals surface area contributed by atoms with Crippen molar-refractivity contribution in [2.45, 2.75) is 19.1 Å². The summed E-state index contributed by atoms with van der Waals surface area (Å²) in [6.45, 7) is -0.413. The lowest BCUT2D eigenvalue weighted by atomic mass is 10.0. The van der Waals surface area contributed by atoms with Crippen LogP contribution >= 0.6 is 0 Å². The van der Waals surface area contributed by atoms with Gasteiger partial charge in [-0.1, -0.05) is 48.5 Å². The molecular weight excluding hydrogens is 380 g/mol. The Hall–Kier alpha value is -3.95. The lowest BCUT2D eigenvalue weighted by molar-refractivity contribution is -0.385. The minimum atomic E-state index is -1.18. The first-order valence-electron chi connectivity index (χ1n) is 8.62. The number of para-hydroxylation sites is 1. The number of carbonyl (C=O) groups excluding carboxylic acids is 3. The zero-order valence-corrected chi connectivity index (χ0v) is 15.4. The van der Waals surface area contributed by atoms with Gasteiger partial charge in [-0.2, -0.15) is 0 Å². The predicted molar refractivity (Wildman–Crippen MR) is 103 cm³/mol. The van der Waals surface area contributed by atoms with Crippen LogP contribution in [0.25, 0.3) is 0 Å². The van der Waals surface area contributed by atoms with Crippen molar-refractivity contribution in [3.05, 3.63) is 75.8 Å². The third kappa shape index (κ3) is 6.94. The molecule has 0 aliphatic rings. The summed E-state index contributed by atoms with van der Waals surface area (Å²) < 4.78 is 4.97. The Balaban J connectivity index is 1.85. The van der Waals surface area contributed by atoms with Crippen LogP contribution in [0.2, 0.25) is 0 Å². The molecule has 0 saturated carbocycles. The Labute approximate surface area is 166 Å². The summed E-state index contributed by atoms with van der Waals surface area (Å²) in [5.41, 5.74) is 6.14. The molecular formula is C19H20N4O6. The molecule has 0 spiro atoms. The molecule has 1 atom stereocenters. The fourth-order valence-electron chi connectivity index (χ4n) is 2.48. The first kappa shape index (κ1) is 21.4. The van der Waals surface area contributed by atoms with E-state index >= 15 is 0 Å². The highest BCUT2D eigenvalue weighted by molar-refractivity contribution is 5.88. The van der Waals surface area contributed by atoms with E-state index in [-0.39, 0.29) is 24.3 Å². The molecule has 152 valence electrons. The summed E-state index contributed by atoms with van der Waals surface area (Å²) in [6.07, 6.45) is -0.963. The number of nitrogens with two attached hydrogens (primary N) is 1. The summed E-state index contributed by atoms with van der Waals surface area (Å²) in [6, 6.07) is 13.6. The van der Waals surface area contributed by atoms with E-state index in [1.807, 2.05) is 6.07 Å². The van der Waals surface area contributed by atoms with Gasteiger partial charge in [0, 0.05) is 18.1 Å². The Kier molecular flexibility index (Phi) is 7.66. The van der Waals surface area contributed by atoms with Gasteiger partial charge in [0.2, 0.25) is 11.8 Å². The number of hydrogen-bond acceptors (Lipinski definition) is 6. The van der Waals surface area contributed by atoms with Crippen LogP contribution in [0.5, 0.6) is 0 Å². The highest BCUT2D eigenvalue weighted by Gasteiger charge is 2.23. The van der Waals surface area contributed by atoms with Crippen molar-refractivity contribution in [3.63, 3.8) is 0 Å². The van der Waals surface area contributed by atoms with Crippen LogP contribution in [0.4, 0.5) is 10.5 Å². The quantitative estimate of drug-likeness (QED) is 0.422. The van der Waals surface area contributed by atoms with Crippen molar-refractivity contribution < 1.29 is 24.0 Å². The van der Waals surface area contributed by atoms with Crippen molar-refractivity contribution >= 4 is 23.6 Å². The predicted octanol–water partition coefficient (Wildman–Crippen LogP) is 1.03. The molecule has 0 bridgehead atoms. The second-order valence-corrected chi connectivity index (χ2v) is 6.03. The Bertz CT molecular complexity index is 887. The molecule has 2 aromatic carbocycles. The molecule has 0 unspecified atom stereocenters. The van der Waals surface area contributed by atoms with Crippen molar-refractivity contribution in [3.8, 4) is 0 Å². The number of ether oxygens (including phenoxy) is 1. The van der Waals surface area contributed by atoms with E-state index < -0.39 is 35.4 Å². The van der Waals surface area contributed by atoms with Gasteiger partial charge in [0.1, 0.15) is 19.2 Å². The molecule has 2 rings (SSSR count). The van der Waals surface area contributed by atoms with E-state index in [4.69, 9.17) is 10.5 Å². The molecule has 0 fully saturated rings. The molecule has 29 heavy (non-hydrogen) atoms. The summed E-state index contributed by atoms with van der Waals surface area (Å²) >= 11 is 0. The fraction of sp³-hybridized carbons (Fsp3) is 0.211. The zero-order valence-electron chi connectivity index (χ0n) is 15.4. The topological polar surface area (TPSA) is 154 Å². The smallest absolute Gasteiger partial charge is 0.407 e. The van der Waals surface area contributed by atoms with Crippen LogP contribution in [0.3, 0.4) is 0 Å². The molecule has 10 nitrogen and oxygen atoms in total. The molecule has 4 N–H and O–H groups in total. The first-order valence-corrected chi connectivity index (χ1v) is 8.62. The van der Waals surface area contributed by atoms with E-state index in [0.717, 1.165) is 5.56 Å². The Morgan fingerprint density at radius 2 is 1.72 bits per heavy atom. The third-order valence-electron chi connectivity index (χ3n) is 3.90. The van der Waals surface area contributed by atoms with Crippen LogP contribution in [0, 0.1) is 10.1 Å². The van der Waals surface area contributed by atoms with Gasteiger partial charge in [-0.25, -0.2) is 4.79 Å². The van der Waals surface area contributed by atoms with Crippen LogP contribution in [-0.2, 0) is 27.4 Å². The van der Waals surface area contributed by atoms with E-state index in [9.17, 15) is 24.5 Å². The molecule has 0 radical (unpaired) electrons. The van der Waals surface area contributed by atoms with Gasteiger partial charge >= 0.3 is 6.09 Å². The van der Waals surface area contributed by atoms with Crippen LogP contribution < -0.4 is 16.4 Å².